The quantitative estimate of drug-likeness (QED) is 0.352. The highest BCUT2D eigenvalue weighted by Crippen LogP contribution is 2.29. The predicted octanol–water partition coefficient (Wildman–Crippen LogP) is 5.64. The summed E-state index contributed by atoms with van der Waals surface area (Å²) in [6.07, 6.45) is 12.9. The van der Waals surface area contributed by atoms with Crippen LogP contribution in [0.15, 0.2) is 24.3 Å². The number of aryl methyl sites for hydroxylation is 1. The van der Waals surface area contributed by atoms with Gasteiger partial charge in [-0.25, -0.2) is 0 Å². The van der Waals surface area contributed by atoms with Gasteiger partial charge in [0.1, 0.15) is 0 Å². The fourth-order valence-electron chi connectivity index (χ4n) is 3.88. The summed E-state index contributed by atoms with van der Waals surface area (Å²) >= 11 is 0. The first-order valence-electron chi connectivity index (χ1n) is 11.2. The molecule has 0 saturated carbocycles. The molecule has 1 N–H and O–H groups in total. The number of nitrogens with one attached hydrogen (secondary N) is 1. The average molecular weight is 388 g/mol. The number of fused-ring (bicyclic) bond motifs is 1. The van der Waals surface area contributed by atoms with E-state index < -0.39 is 0 Å². The zero-order chi connectivity index (χ0) is 20.0. The van der Waals surface area contributed by atoms with Crippen molar-refractivity contribution in [2.24, 2.45) is 0 Å². The number of amides is 1. The van der Waals surface area contributed by atoms with Gasteiger partial charge in [-0.3, -0.25) is 9.59 Å². The van der Waals surface area contributed by atoms with Gasteiger partial charge in [-0.1, -0.05) is 69.7 Å². The summed E-state index contributed by atoms with van der Waals surface area (Å²) in [5.74, 6) is -0.150. The van der Waals surface area contributed by atoms with Crippen LogP contribution in [-0.2, 0) is 20.7 Å². The molecule has 0 heterocycles. The number of carbonyl (C=O) groups excluding carboxylic acids is 2. The molecule has 4 nitrogen and oxygen atoms in total. The minimum Gasteiger partial charge on any atom is -0.466 e. The highest BCUT2D eigenvalue weighted by atomic mass is 16.5. The van der Waals surface area contributed by atoms with Gasteiger partial charge in [0.15, 0.2) is 0 Å². The number of rotatable bonds is 13. The van der Waals surface area contributed by atoms with Crippen LogP contribution in [0.2, 0.25) is 0 Å². The van der Waals surface area contributed by atoms with E-state index in [2.05, 4.69) is 30.4 Å². The number of benzene rings is 1. The lowest BCUT2D eigenvalue weighted by Gasteiger charge is -2.26. The topological polar surface area (TPSA) is 55.4 Å². The van der Waals surface area contributed by atoms with Crippen LogP contribution in [-0.4, -0.2) is 18.5 Å². The molecule has 1 atom stereocenters. The second-order valence-corrected chi connectivity index (χ2v) is 7.91. The second-order valence-electron chi connectivity index (χ2n) is 7.91. The molecule has 0 bridgehead atoms. The standard InChI is InChI=1S/C24H37NO3/c1-2-3-4-5-6-7-10-19-28-24(27)18-12-17-23(26)25-22-16-11-14-20-13-8-9-15-21(20)22/h8-9,13,15,22H,2-7,10-12,14,16-19H2,1H3,(H,25,26). The molecule has 0 aliphatic heterocycles. The van der Waals surface area contributed by atoms with Gasteiger partial charge < -0.3 is 10.1 Å². The van der Waals surface area contributed by atoms with Crippen LogP contribution in [0.3, 0.4) is 0 Å². The van der Waals surface area contributed by atoms with Crippen molar-refractivity contribution in [1.29, 1.82) is 0 Å². The van der Waals surface area contributed by atoms with E-state index in [0.717, 1.165) is 32.1 Å². The Morgan fingerprint density at radius 3 is 2.57 bits per heavy atom. The molecule has 0 radical (unpaired) electrons. The first-order chi connectivity index (χ1) is 13.7. The summed E-state index contributed by atoms with van der Waals surface area (Å²) in [6, 6.07) is 8.46. The molecule has 1 aliphatic rings. The zero-order valence-corrected chi connectivity index (χ0v) is 17.5. The Kier molecular flexibility index (Phi) is 10.7. The minimum atomic E-state index is -0.179. The molecule has 156 valence electrons. The molecule has 0 saturated heterocycles. The lowest BCUT2D eigenvalue weighted by atomic mass is 9.87. The Bertz CT molecular complexity index is 599. The molecular weight excluding hydrogens is 350 g/mol. The minimum absolute atomic E-state index is 0.0292. The lowest BCUT2D eigenvalue weighted by Crippen LogP contribution is -2.30. The largest absolute Gasteiger partial charge is 0.466 e. The van der Waals surface area contributed by atoms with E-state index >= 15 is 0 Å². The van der Waals surface area contributed by atoms with Gasteiger partial charge in [-0.2, -0.15) is 0 Å². The van der Waals surface area contributed by atoms with Gasteiger partial charge in [-0.15, -0.1) is 0 Å². The molecule has 0 fully saturated rings. The summed E-state index contributed by atoms with van der Waals surface area (Å²) in [5.41, 5.74) is 2.59. The van der Waals surface area contributed by atoms with Crippen LogP contribution in [0.4, 0.5) is 0 Å². The van der Waals surface area contributed by atoms with Crippen LogP contribution in [0.5, 0.6) is 0 Å². The summed E-state index contributed by atoms with van der Waals surface area (Å²) in [6.45, 7) is 2.73. The maximum atomic E-state index is 12.2. The molecule has 4 heteroatoms. The molecule has 0 spiro atoms. The van der Waals surface area contributed by atoms with Crippen LogP contribution in [0.25, 0.3) is 0 Å². The van der Waals surface area contributed by atoms with Gasteiger partial charge >= 0.3 is 5.97 Å². The molecule has 1 amide bonds. The van der Waals surface area contributed by atoms with E-state index in [1.54, 1.807) is 0 Å². The smallest absolute Gasteiger partial charge is 0.305 e. The fourth-order valence-corrected chi connectivity index (χ4v) is 3.88. The fraction of sp³-hybridized carbons (Fsp3) is 0.667. The summed E-state index contributed by atoms with van der Waals surface area (Å²) in [4.78, 5) is 24.0. The Labute approximate surface area is 170 Å². The normalized spacial score (nSPS) is 15.7. The number of hydrogen-bond acceptors (Lipinski definition) is 3. The van der Waals surface area contributed by atoms with Crippen LogP contribution in [0, 0.1) is 0 Å². The highest BCUT2D eigenvalue weighted by molar-refractivity contribution is 5.77. The maximum Gasteiger partial charge on any atom is 0.305 e. The molecule has 1 unspecified atom stereocenters. The zero-order valence-electron chi connectivity index (χ0n) is 17.5. The van der Waals surface area contributed by atoms with Gasteiger partial charge in [-0.05, 0) is 43.2 Å². The highest BCUT2D eigenvalue weighted by Gasteiger charge is 2.21. The van der Waals surface area contributed by atoms with Crippen molar-refractivity contribution in [2.45, 2.75) is 96.4 Å². The molecule has 1 aromatic rings. The van der Waals surface area contributed by atoms with E-state index in [1.165, 1.54) is 43.2 Å². The van der Waals surface area contributed by atoms with E-state index in [-0.39, 0.29) is 17.9 Å². The predicted molar refractivity (Wildman–Crippen MR) is 113 cm³/mol. The van der Waals surface area contributed by atoms with Gasteiger partial charge in [0, 0.05) is 12.8 Å². The third-order valence-electron chi connectivity index (χ3n) is 5.50. The monoisotopic (exact) mass is 387 g/mol. The summed E-state index contributed by atoms with van der Waals surface area (Å²) in [7, 11) is 0. The van der Waals surface area contributed by atoms with Gasteiger partial charge in [0.25, 0.3) is 0 Å². The molecule has 28 heavy (non-hydrogen) atoms. The van der Waals surface area contributed by atoms with Crippen molar-refractivity contribution in [3.05, 3.63) is 35.4 Å². The van der Waals surface area contributed by atoms with E-state index in [9.17, 15) is 9.59 Å². The Morgan fingerprint density at radius 1 is 1.00 bits per heavy atom. The molecule has 1 aromatic carbocycles. The van der Waals surface area contributed by atoms with Gasteiger partial charge in [0.05, 0.1) is 12.6 Å². The van der Waals surface area contributed by atoms with Gasteiger partial charge in [0.2, 0.25) is 5.91 Å². The Hall–Kier alpha value is -1.84. The number of carbonyl (C=O) groups is 2. The number of ether oxygens (including phenoxy) is 1. The van der Waals surface area contributed by atoms with E-state index in [0.29, 0.717) is 25.9 Å². The first kappa shape index (κ1) is 22.4. The molecule has 1 aliphatic carbocycles. The Morgan fingerprint density at radius 2 is 1.75 bits per heavy atom. The van der Waals surface area contributed by atoms with Crippen molar-refractivity contribution < 1.29 is 14.3 Å². The van der Waals surface area contributed by atoms with E-state index in [1.807, 2.05) is 6.07 Å². The van der Waals surface area contributed by atoms with Crippen LogP contribution < -0.4 is 5.32 Å². The molecular formula is C24H37NO3. The van der Waals surface area contributed by atoms with Crippen molar-refractivity contribution in [3.8, 4) is 0 Å². The third-order valence-corrected chi connectivity index (χ3v) is 5.50. The first-order valence-corrected chi connectivity index (χ1v) is 11.2. The SMILES string of the molecule is CCCCCCCCCOC(=O)CCCC(=O)NC1CCCc2ccccc21. The van der Waals surface area contributed by atoms with Crippen LogP contribution >= 0.6 is 0 Å². The third kappa shape index (κ3) is 8.45. The van der Waals surface area contributed by atoms with Crippen LogP contribution in [0.1, 0.15) is 101 Å². The summed E-state index contributed by atoms with van der Waals surface area (Å²) < 4.78 is 5.28. The average Bonchev–Trinajstić information content (AvgIpc) is 2.70. The number of unbranched alkanes of at least 4 members (excludes halogenated alkanes) is 6. The lowest BCUT2D eigenvalue weighted by molar-refractivity contribution is -0.143. The molecule has 0 aromatic heterocycles. The van der Waals surface area contributed by atoms with Crippen molar-refractivity contribution >= 4 is 11.9 Å². The summed E-state index contributed by atoms with van der Waals surface area (Å²) in [5, 5.41) is 3.14. The second kappa shape index (κ2) is 13.4. The number of esters is 1. The van der Waals surface area contributed by atoms with Crippen molar-refractivity contribution in [2.75, 3.05) is 6.61 Å². The maximum absolute atomic E-state index is 12.2. The van der Waals surface area contributed by atoms with Crippen molar-refractivity contribution in [3.63, 3.8) is 0 Å². The molecule has 2 rings (SSSR count). The van der Waals surface area contributed by atoms with E-state index in [4.69, 9.17) is 4.74 Å². The van der Waals surface area contributed by atoms with Crippen molar-refractivity contribution in [1.82, 2.24) is 5.32 Å². The Balaban J connectivity index is 1.52. The number of hydrogen-bond donors (Lipinski definition) is 1.